The number of carbonyl (C=O) groups is 1. The van der Waals surface area contributed by atoms with E-state index in [-0.39, 0.29) is 11.6 Å². The van der Waals surface area contributed by atoms with E-state index in [4.69, 9.17) is 0 Å². The van der Waals surface area contributed by atoms with Gasteiger partial charge in [-0.3, -0.25) is 14.3 Å². The summed E-state index contributed by atoms with van der Waals surface area (Å²) >= 11 is 0. The smallest absolute Gasteiger partial charge is 0.263 e. The predicted octanol–water partition coefficient (Wildman–Crippen LogP) is 0.693. The monoisotopic (exact) mass is 275 g/mol. The van der Waals surface area contributed by atoms with Crippen LogP contribution in [0.25, 0.3) is 0 Å². The molecule has 0 aromatic carbocycles. The van der Waals surface area contributed by atoms with Crippen LogP contribution in [0.2, 0.25) is 0 Å². The zero-order valence-electron chi connectivity index (χ0n) is 11.7. The molecule has 0 unspecified atom stereocenters. The molecule has 0 aliphatic heterocycles. The van der Waals surface area contributed by atoms with Gasteiger partial charge in [-0.1, -0.05) is 6.92 Å². The third-order valence-electron chi connectivity index (χ3n) is 3.01. The molecule has 0 bridgehead atoms. The van der Waals surface area contributed by atoms with Crippen molar-refractivity contribution >= 4 is 5.91 Å². The van der Waals surface area contributed by atoms with Crippen molar-refractivity contribution in [2.75, 3.05) is 0 Å². The lowest BCUT2D eigenvalue weighted by atomic mass is 10.1. The number of nitrogens with one attached hydrogen (secondary N) is 2. The molecule has 0 fully saturated rings. The predicted molar refractivity (Wildman–Crippen MR) is 73.3 cm³/mol. The molecular weight excluding hydrogens is 258 g/mol. The minimum Gasteiger partial charge on any atom is -0.345 e. The number of carbonyl (C=O) groups excluding carboxylic acids is 1. The van der Waals surface area contributed by atoms with Crippen LogP contribution in [0.1, 0.15) is 41.1 Å². The lowest BCUT2D eigenvalue weighted by Crippen LogP contribution is -2.33. The zero-order chi connectivity index (χ0) is 14.7. The van der Waals surface area contributed by atoms with E-state index in [2.05, 4.69) is 20.4 Å². The van der Waals surface area contributed by atoms with Crippen molar-refractivity contribution in [1.82, 2.24) is 25.1 Å². The Labute approximate surface area is 116 Å². The number of hydrogen-bond acceptors (Lipinski definition) is 4. The van der Waals surface area contributed by atoms with Gasteiger partial charge in [-0.2, -0.15) is 5.10 Å². The van der Waals surface area contributed by atoms with Gasteiger partial charge in [0.25, 0.3) is 11.5 Å². The number of amides is 1. The van der Waals surface area contributed by atoms with Crippen LogP contribution in [0.4, 0.5) is 0 Å². The number of nitrogens with zero attached hydrogens (tertiary/aromatic N) is 3. The van der Waals surface area contributed by atoms with Gasteiger partial charge in [0.15, 0.2) is 0 Å². The maximum Gasteiger partial charge on any atom is 0.263 e. The summed E-state index contributed by atoms with van der Waals surface area (Å²) in [5, 5.41) is 6.90. The third-order valence-corrected chi connectivity index (χ3v) is 3.01. The average Bonchev–Trinajstić information content (AvgIpc) is 2.82. The molecule has 2 aromatic heterocycles. The molecule has 106 valence electrons. The SMILES string of the molecule is CC[C@@H](NC(=O)c1cnc(C)[nH]c1=O)c1cnn(C)c1. The Morgan fingerprint density at radius 1 is 1.50 bits per heavy atom. The molecule has 0 spiro atoms. The second-order valence-corrected chi connectivity index (χ2v) is 4.59. The summed E-state index contributed by atoms with van der Waals surface area (Å²) in [4.78, 5) is 30.3. The van der Waals surface area contributed by atoms with Gasteiger partial charge in [0.05, 0.1) is 12.2 Å². The standard InChI is InChI=1S/C13H17N5O2/c1-4-11(9-5-15-18(3)7-9)17-13(20)10-6-14-8(2)16-12(10)19/h5-7,11H,4H2,1-3H3,(H,17,20)(H,14,16,19)/t11-/m1/s1. The number of H-pyrrole nitrogens is 1. The molecule has 2 aromatic rings. The fourth-order valence-electron chi connectivity index (χ4n) is 1.92. The molecule has 7 heteroatoms. The van der Waals surface area contributed by atoms with E-state index in [0.717, 1.165) is 5.56 Å². The molecule has 2 heterocycles. The highest BCUT2D eigenvalue weighted by molar-refractivity contribution is 5.93. The molecule has 0 radical (unpaired) electrons. The van der Waals surface area contributed by atoms with Gasteiger partial charge in [-0.15, -0.1) is 0 Å². The van der Waals surface area contributed by atoms with E-state index in [1.54, 1.807) is 17.8 Å². The van der Waals surface area contributed by atoms with Gasteiger partial charge in [-0.05, 0) is 13.3 Å². The van der Waals surface area contributed by atoms with Crippen molar-refractivity contribution in [2.24, 2.45) is 7.05 Å². The van der Waals surface area contributed by atoms with Crippen LogP contribution in [0, 0.1) is 6.92 Å². The largest absolute Gasteiger partial charge is 0.345 e. The minimum absolute atomic E-state index is 0.0120. The first-order valence-corrected chi connectivity index (χ1v) is 6.36. The molecular formula is C13H17N5O2. The molecule has 7 nitrogen and oxygen atoms in total. The Morgan fingerprint density at radius 2 is 2.25 bits per heavy atom. The van der Waals surface area contributed by atoms with Crippen molar-refractivity contribution in [2.45, 2.75) is 26.3 Å². The van der Waals surface area contributed by atoms with Crippen LogP contribution in [0.3, 0.4) is 0 Å². The fourth-order valence-corrected chi connectivity index (χ4v) is 1.92. The Kier molecular flexibility index (Phi) is 3.97. The van der Waals surface area contributed by atoms with Gasteiger partial charge in [-0.25, -0.2) is 4.98 Å². The van der Waals surface area contributed by atoms with Gasteiger partial charge in [0.2, 0.25) is 0 Å². The summed E-state index contributed by atoms with van der Waals surface area (Å²) in [7, 11) is 1.81. The van der Waals surface area contributed by atoms with Crippen LogP contribution in [0.5, 0.6) is 0 Å². The Balaban J connectivity index is 2.19. The van der Waals surface area contributed by atoms with E-state index in [1.165, 1.54) is 6.20 Å². The summed E-state index contributed by atoms with van der Waals surface area (Å²) in [5.74, 6) is 0.0419. The van der Waals surface area contributed by atoms with Crippen molar-refractivity contribution in [3.05, 3.63) is 45.9 Å². The number of aromatic nitrogens is 4. The molecule has 1 amide bonds. The van der Waals surface area contributed by atoms with Crippen molar-refractivity contribution in [3.8, 4) is 0 Å². The second-order valence-electron chi connectivity index (χ2n) is 4.59. The van der Waals surface area contributed by atoms with Crippen LogP contribution >= 0.6 is 0 Å². The summed E-state index contributed by atoms with van der Waals surface area (Å²) in [5.41, 5.74) is 0.480. The normalized spacial score (nSPS) is 12.2. The van der Waals surface area contributed by atoms with Crippen LogP contribution in [-0.4, -0.2) is 25.7 Å². The first-order valence-electron chi connectivity index (χ1n) is 6.36. The molecule has 2 rings (SSSR count). The van der Waals surface area contributed by atoms with E-state index in [0.29, 0.717) is 12.2 Å². The number of rotatable bonds is 4. The van der Waals surface area contributed by atoms with Crippen molar-refractivity contribution in [1.29, 1.82) is 0 Å². The zero-order valence-corrected chi connectivity index (χ0v) is 11.7. The summed E-state index contributed by atoms with van der Waals surface area (Å²) in [6.45, 7) is 3.61. The minimum atomic E-state index is -0.436. The van der Waals surface area contributed by atoms with Crippen molar-refractivity contribution < 1.29 is 4.79 Å². The van der Waals surface area contributed by atoms with Gasteiger partial charge in [0.1, 0.15) is 11.4 Å². The highest BCUT2D eigenvalue weighted by atomic mass is 16.2. The molecule has 20 heavy (non-hydrogen) atoms. The molecule has 0 aliphatic rings. The topological polar surface area (TPSA) is 92.7 Å². The Hall–Kier alpha value is -2.44. The average molecular weight is 275 g/mol. The van der Waals surface area contributed by atoms with E-state index < -0.39 is 11.5 Å². The summed E-state index contributed by atoms with van der Waals surface area (Å²) < 4.78 is 1.67. The van der Waals surface area contributed by atoms with Crippen LogP contribution < -0.4 is 10.9 Å². The van der Waals surface area contributed by atoms with Gasteiger partial charge < -0.3 is 10.3 Å². The fraction of sp³-hybridized carbons (Fsp3) is 0.385. The van der Waals surface area contributed by atoms with E-state index >= 15 is 0 Å². The van der Waals surface area contributed by atoms with E-state index in [9.17, 15) is 9.59 Å². The first kappa shape index (κ1) is 14.0. The number of aromatic amines is 1. The number of hydrogen-bond donors (Lipinski definition) is 2. The molecule has 0 saturated heterocycles. The maximum absolute atomic E-state index is 12.1. The maximum atomic E-state index is 12.1. The van der Waals surface area contributed by atoms with Gasteiger partial charge in [0, 0.05) is 25.0 Å². The lowest BCUT2D eigenvalue weighted by Gasteiger charge is -2.14. The molecule has 1 atom stereocenters. The van der Waals surface area contributed by atoms with Gasteiger partial charge >= 0.3 is 0 Å². The molecule has 2 N–H and O–H groups in total. The summed E-state index contributed by atoms with van der Waals surface area (Å²) in [6.07, 6.45) is 5.53. The van der Waals surface area contributed by atoms with Crippen LogP contribution in [-0.2, 0) is 7.05 Å². The quantitative estimate of drug-likeness (QED) is 0.858. The number of aryl methyl sites for hydroxylation is 2. The summed E-state index contributed by atoms with van der Waals surface area (Å²) in [6, 6.07) is -0.183. The van der Waals surface area contributed by atoms with E-state index in [1.807, 2.05) is 20.2 Å². The highest BCUT2D eigenvalue weighted by Crippen LogP contribution is 2.15. The lowest BCUT2D eigenvalue weighted by molar-refractivity contribution is 0.0933. The first-order chi connectivity index (χ1) is 9.51. The molecule has 0 saturated carbocycles. The third kappa shape index (κ3) is 2.93. The Morgan fingerprint density at radius 3 is 2.80 bits per heavy atom. The van der Waals surface area contributed by atoms with Crippen LogP contribution in [0.15, 0.2) is 23.4 Å². The Bertz CT molecular complexity index is 673. The highest BCUT2D eigenvalue weighted by Gasteiger charge is 2.17. The second kappa shape index (κ2) is 5.68. The van der Waals surface area contributed by atoms with Crippen molar-refractivity contribution in [3.63, 3.8) is 0 Å². The molecule has 0 aliphatic carbocycles.